The molecule has 0 heterocycles. The van der Waals surface area contributed by atoms with E-state index in [-0.39, 0.29) is 24.9 Å². The first kappa shape index (κ1) is 18.2. The number of benzene rings is 2. The molecule has 3 rings (SSSR count). The molecule has 4 heteroatoms. The summed E-state index contributed by atoms with van der Waals surface area (Å²) in [6.45, 7) is 0.383. The van der Waals surface area contributed by atoms with Gasteiger partial charge in [0.1, 0.15) is 0 Å². The van der Waals surface area contributed by atoms with E-state index in [9.17, 15) is 9.59 Å². The fourth-order valence-corrected chi connectivity index (χ4v) is 3.34. The van der Waals surface area contributed by atoms with Crippen LogP contribution >= 0.6 is 0 Å². The summed E-state index contributed by atoms with van der Waals surface area (Å²) in [7, 11) is 0. The molecule has 0 saturated carbocycles. The first-order chi connectivity index (χ1) is 12.7. The van der Waals surface area contributed by atoms with E-state index in [1.54, 1.807) is 0 Å². The van der Waals surface area contributed by atoms with Crippen LogP contribution in [0.15, 0.2) is 54.1 Å². The predicted molar refractivity (Wildman–Crippen MR) is 103 cm³/mol. The van der Waals surface area contributed by atoms with Crippen LogP contribution in [0.3, 0.4) is 0 Å². The number of nitrogens with one attached hydrogen (secondary N) is 1. The smallest absolute Gasteiger partial charge is 0.310 e. The summed E-state index contributed by atoms with van der Waals surface area (Å²) >= 11 is 0. The zero-order valence-electron chi connectivity index (χ0n) is 15.0. The second-order valence-corrected chi connectivity index (χ2v) is 6.68. The molecule has 26 heavy (non-hydrogen) atoms. The fourth-order valence-electron chi connectivity index (χ4n) is 3.34. The van der Waals surface area contributed by atoms with Crippen molar-refractivity contribution in [2.75, 3.05) is 13.2 Å². The Labute approximate surface area is 154 Å². The number of esters is 1. The van der Waals surface area contributed by atoms with Gasteiger partial charge in [0.15, 0.2) is 6.61 Å². The Morgan fingerprint density at radius 3 is 2.73 bits per heavy atom. The predicted octanol–water partition coefficient (Wildman–Crippen LogP) is 3.93. The minimum absolute atomic E-state index is 0.168. The largest absolute Gasteiger partial charge is 0.455 e. The SMILES string of the molecule is O=C(COC(=O)Cc1cccc2ccccc12)NCCC1=CCCCC1. The molecule has 2 aromatic rings. The molecule has 0 atom stereocenters. The number of carbonyl (C=O) groups is 2. The highest BCUT2D eigenvalue weighted by Gasteiger charge is 2.11. The quantitative estimate of drug-likeness (QED) is 0.607. The van der Waals surface area contributed by atoms with Crippen LogP contribution in [0.5, 0.6) is 0 Å². The highest BCUT2D eigenvalue weighted by atomic mass is 16.5. The first-order valence-electron chi connectivity index (χ1n) is 9.29. The van der Waals surface area contributed by atoms with E-state index in [0.29, 0.717) is 6.54 Å². The van der Waals surface area contributed by atoms with Crippen molar-refractivity contribution in [2.24, 2.45) is 0 Å². The van der Waals surface area contributed by atoms with Crippen LogP contribution < -0.4 is 5.32 Å². The van der Waals surface area contributed by atoms with E-state index in [1.165, 1.54) is 18.4 Å². The Morgan fingerprint density at radius 2 is 1.88 bits per heavy atom. The van der Waals surface area contributed by atoms with Crippen molar-refractivity contribution >= 4 is 22.6 Å². The zero-order chi connectivity index (χ0) is 18.2. The molecule has 1 amide bonds. The molecular formula is C22H25NO3. The molecule has 0 spiro atoms. The fraction of sp³-hybridized carbons (Fsp3) is 0.364. The van der Waals surface area contributed by atoms with E-state index in [4.69, 9.17) is 4.74 Å². The molecule has 4 nitrogen and oxygen atoms in total. The second-order valence-electron chi connectivity index (χ2n) is 6.68. The molecule has 2 aromatic carbocycles. The molecule has 0 bridgehead atoms. The van der Waals surface area contributed by atoms with E-state index in [1.807, 2.05) is 42.5 Å². The molecule has 1 N–H and O–H groups in total. The van der Waals surface area contributed by atoms with Crippen LogP contribution in [0.1, 0.15) is 37.7 Å². The third-order valence-electron chi connectivity index (χ3n) is 4.73. The van der Waals surface area contributed by atoms with Gasteiger partial charge in [-0.25, -0.2) is 0 Å². The lowest BCUT2D eigenvalue weighted by Crippen LogP contribution is -2.30. The Bertz CT molecular complexity index is 805. The van der Waals surface area contributed by atoms with Crippen molar-refractivity contribution in [3.8, 4) is 0 Å². The Hall–Kier alpha value is -2.62. The minimum atomic E-state index is -0.383. The van der Waals surface area contributed by atoms with Gasteiger partial charge in [-0.05, 0) is 48.4 Å². The monoisotopic (exact) mass is 351 g/mol. The Balaban J connectivity index is 1.42. The van der Waals surface area contributed by atoms with E-state index in [2.05, 4.69) is 11.4 Å². The molecule has 0 aromatic heterocycles. The van der Waals surface area contributed by atoms with Crippen LogP contribution in [0, 0.1) is 0 Å². The van der Waals surface area contributed by atoms with Crippen molar-refractivity contribution in [3.63, 3.8) is 0 Å². The van der Waals surface area contributed by atoms with Gasteiger partial charge in [-0.1, -0.05) is 54.1 Å². The number of hydrogen-bond donors (Lipinski definition) is 1. The highest BCUT2D eigenvalue weighted by molar-refractivity contribution is 5.89. The van der Waals surface area contributed by atoms with Gasteiger partial charge in [-0.2, -0.15) is 0 Å². The lowest BCUT2D eigenvalue weighted by Gasteiger charge is -2.13. The number of hydrogen-bond acceptors (Lipinski definition) is 3. The summed E-state index contributed by atoms with van der Waals surface area (Å²) in [6.07, 6.45) is 8.12. The van der Waals surface area contributed by atoms with Crippen molar-refractivity contribution in [1.29, 1.82) is 0 Å². The standard InChI is InChI=1S/C22H25NO3/c24-21(23-14-13-17-7-2-1-3-8-17)16-26-22(25)15-19-11-6-10-18-9-4-5-12-20(18)19/h4-7,9-12H,1-3,8,13-16H2,(H,23,24). The van der Waals surface area contributed by atoms with Crippen molar-refractivity contribution in [2.45, 2.75) is 38.5 Å². The molecule has 0 unspecified atom stereocenters. The third kappa shape index (κ3) is 5.19. The number of ether oxygens (including phenoxy) is 1. The normalized spacial score (nSPS) is 13.9. The van der Waals surface area contributed by atoms with Gasteiger partial charge in [0.25, 0.3) is 5.91 Å². The van der Waals surface area contributed by atoms with Crippen LogP contribution in [0.25, 0.3) is 10.8 Å². The van der Waals surface area contributed by atoms with Crippen LogP contribution in [0.4, 0.5) is 0 Å². The second kappa shape index (κ2) is 9.18. The number of amides is 1. The van der Waals surface area contributed by atoms with Gasteiger partial charge in [0.05, 0.1) is 6.42 Å². The van der Waals surface area contributed by atoms with Crippen molar-refractivity contribution in [1.82, 2.24) is 5.32 Å². The summed E-state index contributed by atoms with van der Waals surface area (Å²) in [4.78, 5) is 23.9. The molecule has 0 fully saturated rings. The molecule has 136 valence electrons. The number of allylic oxidation sites excluding steroid dienone is 1. The maximum Gasteiger partial charge on any atom is 0.310 e. The average molecular weight is 351 g/mol. The van der Waals surface area contributed by atoms with Crippen molar-refractivity contribution in [3.05, 3.63) is 59.7 Å². The van der Waals surface area contributed by atoms with Gasteiger partial charge in [-0.15, -0.1) is 0 Å². The molecular weight excluding hydrogens is 326 g/mol. The topological polar surface area (TPSA) is 55.4 Å². The van der Waals surface area contributed by atoms with E-state index >= 15 is 0 Å². The summed E-state index contributed by atoms with van der Waals surface area (Å²) < 4.78 is 5.13. The third-order valence-corrected chi connectivity index (χ3v) is 4.73. The van der Waals surface area contributed by atoms with Crippen LogP contribution in [-0.2, 0) is 20.7 Å². The Kier molecular flexibility index (Phi) is 6.42. The first-order valence-corrected chi connectivity index (χ1v) is 9.29. The minimum Gasteiger partial charge on any atom is -0.455 e. The highest BCUT2D eigenvalue weighted by Crippen LogP contribution is 2.20. The Morgan fingerprint density at radius 1 is 1.04 bits per heavy atom. The lowest BCUT2D eigenvalue weighted by molar-refractivity contribution is -0.147. The van der Waals surface area contributed by atoms with Crippen LogP contribution in [0.2, 0.25) is 0 Å². The summed E-state index contributed by atoms with van der Waals surface area (Å²) in [5, 5.41) is 4.95. The molecule has 0 aliphatic heterocycles. The summed E-state index contributed by atoms with van der Waals surface area (Å²) in [5.41, 5.74) is 2.34. The van der Waals surface area contributed by atoms with Gasteiger partial charge in [-0.3, -0.25) is 9.59 Å². The van der Waals surface area contributed by atoms with E-state index < -0.39 is 0 Å². The maximum atomic E-state index is 12.1. The van der Waals surface area contributed by atoms with Gasteiger partial charge < -0.3 is 10.1 Å². The van der Waals surface area contributed by atoms with Gasteiger partial charge >= 0.3 is 5.97 Å². The molecule has 0 saturated heterocycles. The zero-order valence-corrected chi connectivity index (χ0v) is 15.0. The lowest BCUT2D eigenvalue weighted by atomic mass is 9.97. The van der Waals surface area contributed by atoms with Crippen molar-refractivity contribution < 1.29 is 14.3 Å². The number of rotatable bonds is 7. The number of fused-ring (bicyclic) bond motifs is 1. The van der Waals surface area contributed by atoms with E-state index in [0.717, 1.165) is 35.6 Å². The van der Waals surface area contributed by atoms with Gasteiger partial charge in [0, 0.05) is 6.54 Å². The average Bonchev–Trinajstić information content (AvgIpc) is 2.67. The van der Waals surface area contributed by atoms with Gasteiger partial charge in [0.2, 0.25) is 0 Å². The summed E-state index contributed by atoms with van der Waals surface area (Å²) in [5.74, 6) is -0.626. The summed E-state index contributed by atoms with van der Waals surface area (Å²) in [6, 6.07) is 13.8. The molecule has 1 aliphatic carbocycles. The van der Waals surface area contributed by atoms with Crippen LogP contribution in [-0.4, -0.2) is 25.0 Å². The molecule has 0 radical (unpaired) electrons. The molecule has 1 aliphatic rings. The number of carbonyl (C=O) groups excluding carboxylic acids is 2. The maximum absolute atomic E-state index is 12.1.